The molecule has 3 nitrogen and oxygen atoms in total. The lowest BCUT2D eigenvalue weighted by atomic mass is 9.99. The zero-order valence-electron chi connectivity index (χ0n) is 12.8. The summed E-state index contributed by atoms with van der Waals surface area (Å²) in [5.74, 6) is 1.94. The van der Waals surface area contributed by atoms with Crippen molar-refractivity contribution in [2.75, 3.05) is 0 Å². The molecule has 0 spiro atoms. The molecule has 0 radical (unpaired) electrons. The standard InChI is InChI=1S/C18H22N2O/c1-4-13(3)14-6-8-15(9-7-14)21-17-10-5-12(2)11-16(17)18(19)20/h5-11,13H,4H2,1-3H3,(H3,19,20). The largest absolute Gasteiger partial charge is 0.457 e. The highest BCUT2D eigenvalue weighted by Crippen LogP contribution is 2.28. The van der Waals surface area contributed by atoms with Gasteiger partial charge in [0.2, 0.25) is 0 Å². The predicted molar refractivity (Wildman–Crippen MR) is 87.4 cm³/mol. The number of nitrogen functional groups attached to an aromatic ring is 1. The van der Waals surface area contributed by atoms with Gasteiger partial charge in [0.05, 0.1) is 5.56 Å². The van der Waals surface area contributed by atoms with Gasteiger partial charge in [0.15, 0.2) is 0 Å². The highest BCUT2D eigenvalue weighted by molar-refractivity contribution is 5.97. The van der Waals surface area contributed by atoms with Gasteiger partial charge in [0.1, 0.15) is 17.3 Å². The molecule has 3 N–H and O–H groups in total. The van der Waals surface area contributed by atoms with Crippen molar-refractivity contribution in [2.24, 2.45) is 5.73 Å². The molecule has 0 aliphatic heterocycles. The Balaban J connectivity index is 2.24. The number of hydrogen-bond acceptors (Lipinski definition) is 2. The maximum Gasteiger partial charge on any atom is 0.138 e. The van der Waals surface area contributed by atoms with Crippen LogP contribution in [0.25, 0.3) is 0 Å². The second-order valence-electron chi connectivity index (χ2n) is 5.39. The summed E-state index contributed by atoms with van der Waals surface area (Å²) < 4.78 is 5.87. The molecule has 0 bridgehead atoms. The van der Waals surface area contributed by atoms with Gasteiger partial charge in [-0.15, -0.1) is 0 Å². The minimum Gasteiger partial charge on any atom is -0.457 e. The molecule has 0 fully saturated rings. The lowest BCUT2D eigenvalue weighted by Gasteiger charge is -2.13. The van der Waals surface area contributed by atoms with Crippen LogP contribution in [0.3, 0.4) is 0 Å². The first-order valence-corrected chi connectivity index (χ1v) is 7.24. The van der Waals surface area contributed by atoms with Gasteiger partial charge < -0.3 is 10.5 Å². The van der Waals surface area contributed by atoms with Crippen LogP contribution in [0.4, 0.5) is 0 Å². The minimum atomic E-state index is 0.0184. The molecular formula is C18H22N2O. The second-order valence-corrected chi connectivity index (χ2v) is 5.39. The van der Waals surface area contributed by atoms with Crippen molar-refractivity contribution in [3.8, 4) is 11.5 Å². The van der Waals surface area contributed by atoms with Gasteiger partial charge in [-0.3, -0.25) is 5.41 Å². The van der Waals surface area contributed by atoms with Gasteiger partial charge in [0, 0.05) is 0 Å². The van der Waals surface area contributed by atoms with Crippen LogP contribution in [0.15, 0.2) is 42.5 Å². The first kappa shape index (κ1) is 15.1. The van der Waals surface area contributed by atoms with E-state index in [4.69, 9.17) is 15.9 Å². The first-order valence-electron chi connectivity index (χ1n) is 7.24. The third-order valence-electron chi connectivity index (χ3n) is 3.71. The summed E-state index contributed by atoms with van der Waals surface area (Å²) >= 11 is 0. The van der Waals surface area contributed by atoms with E-state index in [1.54, 1.807) is 0 Å². The maximum atomic E-state index is 7.65. The van der Waals surface area contributed by atoms with E-state index in [1.165, 1.54) is 5.56 Å². The van der Waals surface area contributed by atoms with Crippen molar-refractivity contribution < 1.29 is 4.74 Å². The third kappa shape index (κ3) is 3.63. The van der Waals surface area contributed by atoms with Gasteiger partial charge in [-0.2, -0.15) is 0 Å². The Kier molecular flexibility index (Phi) is 4.63. The van der Waals surface area contributed by atoms with Gasteiger partial charge in [-0.1, -0.05) is 37.6 Å². The lowest BCUT2D eigenvalue weighted by Crippen LogP contribution is -2.12. The number of ether oxygens (including phenoxy) is 1. The molecule has 0 aliphatic carbocycles. The van der Waals surface area contributed by atoms with E-state index in [9.17, 15) is 0 Å². The smallest absolute Gasteiger partial charge is 0.138 e. The quantitative estimate of drug-likeness (QED) is 0.622. The van der Waals surface area contributed by atoms with Crippen molar-refractivity contribution in [2.45, 2.75) is 33.1 Å². The lowest BCUT2D eigenvalue weighted by molar-refractivity contribution is 0.481. The van der Waals surface area contributed by atoms with Crippen LogP contribution in [0.1, 0.15) is 42.9 Å². The Morgan fingerprint density at radius 1 is 1.19 bits per heavy atom. The Bertz CT molecular complexity index is 632. The fourth-order valence-corrected chi connectivity index (χ4v) is 2.17. The molecule has 3 heteroatoms. The van der Waals surface area contributed by atoms with Crippen molar-refractivity contribution in [1.82, 2.24) is 0 Å². The number of amidine groups is 1. The minimum absolute atomic E-state index is 0.0184. The number of benzene rings is 2. The van der Waals surface area contributed by atoms with E-state index < -0.39 is 0 Å². The highest BCUT2D eigenvalue weighted by Gasteiger charge is 2.09. The number of nitrogens with two attached hydrogens (primary N) is 1. The van der Waals surface area contributed by atoms with Crippen molar-refractivity contribution in [3.63, 3.8) is 0 Å². The van der Waals surface area contributed by atoms with Crippen LogP contribution < -0.4 is 10.5 Å². The molecule has 2 rings (SSSR count). The van der Waals surface area contributed by atoms with Gasteiger partial charge >= 0.3 is 0 Å². The molecule has 1 unspecified atom stereocenters. The highest BCUT2D eigenvalue weighted by atomic mass is 16.5. The zero-order valence-corrected chi connectivity index (χ0v) is 12.8. The van der Waals surface area contributed by atoms with Crippen LogP contribution >= 0.6 is 0 Å². The molecule has 0 saturated heterocycles. The number of rotatable bonds is 5. The molecule has 2 aromatic rings. The van der Waals surface area contributed by atoms with E-state index in [0.717, 1.165) is 17.7 Å². The zero-order chi connectivity index (χ0) is 15.4. The van der Waals surface area contributed by atoms with Crippen LogP contribution in [-0.2, 0) is 0 Å². The second kappa shape index (κ2) is 6.44. The Morgan fingerprint density at radius 2 is 1.86 bits per heavy atom. The van der Waals surface area contributed by atoms with Crippen LogP contribution in [0.5, 0.6) is 11.5 Å². The average molecular weight is 282 g/mol. The summed E-state index contributed by atoms with van der Waals surface area (Å²) in [5, 5.41) is 7.65. The van der Waals surface area contributed by atoms with Gasteiger partial charge in [0.25, 0.3) is 0 Å². The average Bonchev–Trinajstić information content (AvgIpc) is 2.49. The third-order valence-corrected chi connectivity index (χ3v) is 3.71. The van der Waals surface area contributed by atoms with Gasteiger partial charge in [-0.25, -0.2) is 0 Å². The van der Waals surface area contributed by atoms with Crippen LogP contribution in [0.2, 0.25) is 0 Å². The molecule has 0 aliphatic rings. The van der Waals surface area contributed by atoms with E-state index in [2.05, 4.69) is 26.0 Å². The van der Waals surface area contributed by atoms with E-state index in [1.807, 2.05) is 37.3 Å². The number of nitrogens with one attached hydrogen (secondary N) is 1. The molecule has 1 atom stereocenters. The fourth-order valence-electron chi connectivity index (χ4n) is 2.17. The summed E-state index contributed by atoms with van der Waals surface area (Å²) in [6.45, 7) is 6.36. The maximum absolute atomic E-state index is 7.65. The normalized spacial score (nSPS) is 12.0. The Hall–Kier alpha value is -2.29. The fraction of sp³-hybridized carbons (Fsp3) is 0.278. The summed E-state index contributed by atoms with van der Waals surface area (Å²) in [4.78, 5) is 0. The molecule has 110 valence electrons. The van der Waals surface area contributed by atoms with Crippen molar-refractivity contribution in [3.05, 3.63) is 59.2 Å². The van der Waals surface area contributed by atoms with Crippen LogP contribution in [-0.4, -0.2) is 5.84 Å². The molecule has 21 heavy (non-hydrogen) atoms. The SMILES string of the molecule is CCC(C)c1ccc(Oc2ccc(C)cc2C(=N)N)cc1. The summed E-state index contributed by atoms with van der Waals surface area (Å²) in [6.07, 6.45) is 1.12. The molecule has 0 aromatic heterocycles. The van der Waals surface area contributed by atoms with E-state index >= 15 is 0 Å². The van der Waals surface area contributed by atoms with E-state index in [0.29, 0.717) is 17.2 Å². The predicted octanol–water partition coefficient (Wildman–Crippen LogP) is 4.58. The first-order chi connectivity index (χ1) is 10.0. The Labute approximate surface area is 126 Å². The topological polar surface area (TPSA) is 59.1 Å². The summed E-state index contributed by atoms with van der Waals surface area (Å²) in [7, 11) is 0. The van der Waals surface area contributed by atoms with Gasteiger partial charge in [-0.05, 0) is 49.1 Å². The molecule has 0 heterocycles. The Morgan fingerprint density at radius 3 is 2.43 bits per heavy atom. The summed E-state index contributed by atoms with van der Waals surface area (Å²) in [5.41, 5.74) is 8.61. The van der Waals surface area contributed by atoms with E-state index in [-0.39, 0.29) is 5.84 Å². The molecule has 2 aromatic carbocycles. The molecular weight excluding hydrogens is 260 g/mol. The molecule has 0 amide bonds. The number of hydrogen-bond donors (Lipinski definition) is 2. The van der Waals surface area contributed by atoms with Crippen LogP contribution in [0, 0.1) is 12.3 Å². The van der Waals surface area contributed by atoms with Crippen molar-refractivity contribution >= 4 is 5.84 Å². The number of aryl methyl sites for hydroxylation is 1. The van der Waals surface area contributed by atoms with Crippen molar-refractivity contribution in [1.29, 1.82) is 5.41 Å². The molecule has 0 saturated carbocycles. The summed E-state index contributed by atoms with van der Waals surface area (Å²) in [6, 6.07) is 13.8. The monoisotopic (exact) mass is 282 g/mol.